The molecular weight excluding hydrogens is 226 g/mol. The zero-order valence-electron chi connectivity index (χ0n) is 12.3. The molecule has 3 heteroatoms. The molecule has 2 rings (SSSR count). The van der Waals surface area contributed by atoms with Crippen LogP contribution in [0, 0.1) is 11.3 Å². The number of hydrogen-bond donors (Lipinski definition) is 2. The molecule has 0 radical (unpaired) electrons. The SMILES string of the molecule is CC1CC(NCC2(O)CCOC2C)CC(C)(C)C1. The van der Waals surface area contributed by atoms with Crippen LogP contribution in [0.4, 0.5) is 0 Å². The van der Waals surface area contributed by atoms with Crippen molar-refractivity contribution in [1.29, 1.82) is 0 Å². The molecule has 1 aliphatic heterocycles. The summed E-state index contributed by atoms with van der Waals surface area (Å²) in [5.41, 5.74) is -0.236. The van der Waals surface area contributed by atoms with E-state index in [2.05, 4.69) is 26.1 Å². The summed E-state index contributed by atoms with van der Waals surface area (Å²) < 4.78 is 5.48. The van der Waals surface area contributed by atoms with Gasteiger partial charge in [-0.05, 0) is 37.5 Å². The molecule has 2 N–H and O–H groups in total. The predicted octanol–water partition coefficient (Wildman–Crippen LogP) is 2.33. The monoisotopic (exact) mass is 255 g/mol. The second-order valence-electron chi connectivity index (χ2n) is 7.36. The quantitative estimate of drug-likeness (QED) is 0.813. The molecule has 1 aliphatic carbocycles. The van der Waals surface area contributed by atoms with Gasteiger partial charge in [-0.2, -0.15) is 0 Å². The Balaban J connectivity index is 1.86. The highest BCUT2D eigenvalue weighted by Gasteiger charge is 2.40. The van der Waals surface area contributed by atoms with Gasteiger partial charge in [0.05, 0.1) is 6.10 Å². The fourth-order valence-electron chi connectivity index (χ4n) is 3.83. The number of aliphatic hydroxyl groups is 1. The smallest absolute Gasteiger partial charge is 0.105 e. The van der Waals surface area contributed by atoms with E-state index in [9.17, 15) is 5.11 Å². The van der Waals surface area contributed by atoms with Gasteiger partial charge in [0.2, 0.25) is 0 Å². The van der Waals surface area contributed by atoms with Gasteiger partial charge in [0.15, 0.2) is 0 Å². The lowest BCUT2D eigenvalue weighted by Crippen LogP contribution is -2.50. The number of nitrogens with one attached hydrogen (secondary N) is 1. The third-order valence-corrected chi connectivity index (χ3v) is 4.74. The highest BCUT2D eigenvalue weighted by Crippen LogP contribution is 2.38. The largest absolute Gasteiger partial charge is 0.386 e. The van der Waals surface area contributed by atoms with Gasteiger partial charge in [-0.3, -0.25) is 0 Å². The Morgan fingerprint density at radius 3 is 2.56 bits per heavy atom. The van der Waals surface area contributed by atoms with Crippen LogP contribution in [0.25, 0.3) is 0 Å². The van der Waals surface area contributed by atoms with Crippen molar-refractivity contribution in [1.82, 2.24) is 5.32 Å². The summed E-state index contributed by atoms with van der Waals surface area (Å²) in [7, 11) is 0. The minimum atomic E-state index is -0.662. The molecule has 4 unspecified atom stereocenters. The topological polar surface area (TPSA) is 41.5 Å². The minimum absolute atomic E-state index is 0.0426. The lowest BCUT2D eigenvalue weighted by Gasteiger charge is -2.40. The van der Waals surface area contributed by atoms with Crippen molar-refractivity contribution in [2.75, 3.05) is 13.2 Å². The molecule has 0 spiro atoms. The van der Waals surface area contributed by atoms with E-state index in [1.54, 1.807) is 0 Å². The maximum Gasteiger partial charge on any atom is 0.105 e. The molecule has 1 saturated carbocycles. The Bertz CT molecular complexity index is 292. The fourth-order valence-corrected chi connectivity index (χ4v) is 3.83. The van der Waals surface area contributed by atoms with Crippen molar-refractivity contribution in [3.05, 3.63) is 0 Å². The highest BCUT2D eigenvalue weighted by atomic mass is 16.5. The van der Waals surface area contributed by atoms with Crippen molar-refractivity contribution in [2.45, 2.75) is 71.1 Å². The van der Waals surface area contributed by atoms with Gasteiger partial charge in [-0.25, -0.2) is 0 Å². The van der Waals surface area contributed by atoms with Gasteiger partial charge >= 0.3 is 0 Å². The van der Waals surface area contributed by atoms with Crippen LogP contribution in [0.1, 0.15) is 53.4 Å². The van der Waals surface area contributed by atoms with Crippen LogP contribution < -0.4 is 5.32 Å². The molecule has 0 aromatic heterocycles. The normalized spacial score (nSPS) is 44.2. The summed E-state index contributed by atoms with van der Waals surface area (Å²) in [6.07, 6.45) is 4.47. The Morgan fingerprint density at radius 1 is 1.28 bits per heavy atom. The molecule has 1 heterocycles. The zero-order valence-corrected chi connectivity index (χ0v) is 12.3. The Hall–Kier alpha value is -0.120. The van der Waals surface area contributed by atoms with Crippen molar-refractivity contribution < 1.29 is 9.84 Å². The maximum atomic E-state index is 10.5. The summed E-state index contributed by atoms with van der Waals surface area (Å²) in [6, 6.07) is 0.542. The van der Waals surface area contributed by atoms with E-state index in [-0.39, 0.29) is 6.10 Å². The third-order valence-electron chi connectivity index (χ3n) is 4.74. The highest BCUT2D eigenvalue weighted by molar-refractivity contribution is 4.94. The van der Waals surface area contributed by atoms with Gasteiger partial charge in [-0.15, -0.1) is 0 Å². The van der Waals surface area contributed by atoms with Gasteiger partial charge in [0.1, 0.15) is 5.60 Å². The second kappa shape index (κ2) is 5.10. The number of hydrogen-bond acceptors (Lipinski definition) is 3. The van der Waals surface area contributed by atoms with Gasteiger partial charge in [0.25, 0.3) is 0 Å². The molecule has 1 saturated heterocycles. The summed E-state index contributed by atoms with van der Waals surface area (Å²) in [5, 5.41) is 14.1. The first-order valence-corrected chi connectivity index (χ1v) is 7.38. The van der Waals surface area contributed by atoms with E-state index >= 15 is 0 Å². The van der Waals surface area contributed by atoms with E-state index < -0.39 is 5.60 Å². The van der Waals surface area contributed by atoms with Gasteiger partial charge < -0.3 is 15.2 Å². The lowest BCUT2D eigenvalue weighted by molar-refractivity contribution is -0.0300. The Morgan fingerprint density at radius 2 is 2.00 bits per heavy atom. The molecule has 0 aromatic carbocycles. The Kier molecular flexibility index (Phi) is 4.05. The summed E-state index contributed by atoms with van der Waals surface area (Å²) in [5.74, 6) is 0.776. The van der Waals surface area contributed by atoms with Crippen LogP contribution in [0.5, 0.6) is 0 Å². The van der Waals surface area contributed by atoms with Crippen LogP contribution in [0.2, 0.25) is 0 Å². The second-order valence-corrected chi connectivity index (χ2v) is 7.36. The molecule has 2 aliphatic rings. The van der Waals surface area contributed by atoms with Crippen LogP contribution >= 0.6 is 0 Å². The first-order chi connectivity index (χ1) is 8.31. The van der Waals surface area contributed by atoms with Crippen molar-refractivity contribution in [3.8, 4) is 0 Å². The number of ether oxygens (including phenoxy) is 1. The van der Waals surface area contributed by atoms with E-state index in [1.807, 2.05) is 6.92 Å². The first kappa shape index (κ1) is 14.3. The molecule has 18 heavy (non-hydrogen) atoms. The van der Waals surface area contributed by atoms with E-state index in [0.29, 0.717) is 24.6 Å². The van der Waals surface area contributed by atoms with Crippen molar-refractivity contribution >= 4 is 0 Å². The van der Waals surface area contributed by atoms with Crippen LogP contribution in [-0.4, -0.2) is 36.0 Å². The van der Waals surface area contributed by atoms with Crippen LogP contribution in [-0.2, 0) is 4.74 Å². The van der Waals surface area contributed by atoms with E-state index in [0.717, 1.165) is 12.3 Å². The average molecular weight is 255 g/mol. The zero-order chi connectivity index (χ0) is 13.4. The number of rotatable bonds is 3. The third kappa shape index (κ3) is 3.25. The molecule has 0 amide bonds. The van der Waals surface area contributed by atoms with Gasteiger partial charge in [-0.1, -0.05) is 20.8 Å². The average Bonchev–Trinajstić information content (AvgIpc) is 2.54. The van der Waals surface area contributed by atoms with Crippen LogP contribution in [0.15, 0.2) is 0 Å². The van der Waals surface area contributed by atoms with E-state index in [4.69, 9.17) is 4.74 Å². The summed E-state index contributed by atoms with van der Waals surface area (Å²) in [4.78, 5) is 0. The van der Waals surface area contributed by atoms with Gasteiger partial charge in [0, 0.05) is 25.6 Å². The summed E-state index contributed by atoms with van der Waals surface area (Å²) in [6.45, 7) is 10.4. The maximum absolute atomic E-state index is 10.5. The molecular formula is C15H29NO2. The predicted molar refractivity (Wildman–Crippen MR) is 73.6 cm³/mol. The standard InChI is InChI=1S/C15H29NO2/c1-11-7-13(9-14(3,4)8-11)16-10-15(17)5-6-18-12(15)2/h11-13,16-17H,5-10H2,1-4H3. The molecule has 2 fully saturated rings. The summed E-state index contributed by atoms with van der Waals surface area (Å²) >= 11 is 0. The first-order valence-electron chi connectivity index (χ1n) is 7.38. The minimum Gasteiger partial charge on any atom is -0.386 e. The molecule has 3 nitrogen and oxygen atoms in total. The molecule has 0 bridgehead atoms. The van der Waals surface area contributed by atoms with Crippen LogP contribution in [0.3, 0.4) is 0 Å². The molecule has 0 aromatic rings. The lowest BCUT2D eigenvalue weighted by atomic mass is 9.70. The molecule has 4 atom stereocenters. The van der Waals surface area contributed by atoms with E-state index in [1.165, 1.54) is 19.3 Å². The fraction of sp³-hybridized carbons (Fsp3) is 1.00. The van der Waals surface area contributed by atoms with Crippen molar-refractivity contribution in [2.24, 2.45) is 11.3 Å². The Labute approximate surface area is 111 Å². The molecule has 106 valence electrons. The van der Waals surface area contributed by atoms with Crippen molar-refractivity contribution in [3.63, 3.8) is 0 Å².